The van der Waals surface area contributed by atoms with Crippen LogP contribution in [0.1, 0.15) is 13.8 Å². The minimum Gasteiger partial charge on any atom is -0.494 e. The Morgan fingerprint density at radius 3 is 2.17 bits per heavy atom. The molecule has 1 amide bonds. The van der Waals surface area contributed by atoms with Gasteiger partial charge in [0.05, 0.1) is 18.6 Å². The number of amides is 1. The normalized spacial score (nSPS) is 15.6. The summed E-state index contributed by atoms with van der Waals surface area (Å²) in [6, 6.07) is 16.0. The van der Waals surface area contributed by atoms with Crippen LogP contribution in [0.15, 0.2) is 54.6 Å². The van der Waals surface area contributed by atoms with E-state index in [4.69, 9.17) is 4.74 Å². The van der Waals surface area contributed by atoms with Crippen LogP contribution in [0, 0.1) is 0 Å². The summed E-state index contributed by atoms with van der Waals surface area (Å²) >= 11 is 0. The van der Waals surface area contributed by atoms with E-state index in [0.29, 0.717) is 44.2 Å². The van der Waals surface area contributed by atoms with Crippen LogP contribution in [0.5, 0.6) is 5.75 Å². The van der Waals surface area contributed by atoms with Crippen molar-refractivity contribution in [3.8, 4) is 5.75 Å². The van der Waals surface area contributed by atoms with Gasteiger partial charge in [0.1, 0.15) is 11.8 Å². The molecule has 1 aliphatic heterocycles. The van der Waals surface area contributed by atoms with E-state index in [9.17, 15) is 13.2 Å². The van der Waals surface area contributed by atoms with Crippen molar-refractivity contribution in [1.82, 2.24) is 4.90 Å². The Balaban J connectivity index is 1.72. The van der Waals surface area contributed by atoms with Gasteiger partial charge in [0.2, 0.25) is 15.9 Å². The SMILES string of the molecule is CCOc1ccc(N(C(C)C(=O)N2CCN(c3ccccc3)CC2)S(C)(=O)=O)cc1. The minimum absolute atomic E-state index is 0.193. The molecule has 1 saturated heterocycles. The first-order chi connectivity index (χ1) is 14.3. The number of rotatable bonds is 7. The monoisotopic (exact) mass is 431 g/mol. The highest BCUT2D eigenvalue weighted by Crippen LogP contribution is 2.25. The second kappa shape index (κ2) is 9.38. The van der Waals surface area contributed by atoms with Crippen molar-refractivity contribution in [3.63, 3.8) is 0 Å². The Morgan fingerprint density at radius 1 is 1.03 bits per heavy atom. The van der Waals surface area contributed by atoms with Crippen LogP contribution in [-0.4, -0.2) is 64.3 Å². The van der Waals surface area contributed by atoms with E-state index in [1.54, 1.807) is 36.1 Å². The zero-order valence-corrected chi connectivity index (χ0v) is 18.5. The number of anilines is 2. The molecule has 0 spiro atoms. The molecule has 0 bridgehead atoms. The molecule has 162 valence electrons. The molecule has 0 radical (unpaired) electrons. The van der Waals surface area contributed by atoms with Gasteiger partial charge in [-0.15, -0.1) is 0 Å². The summed E-state index contributed by atoms with van der Waals surface area (Å²) in [7, 11) is -3.65. The molecule has 1 aliphatic rings. The predicted molar refractivity (Wildman–Crippen MR) is 120 cm³/mol. The number of para-hydroxylation sites is 1. The van der Waals surface area contributed by atoms with Crippen molar-refractivity contribution in [2.24, 2.45) is 0 Å². The number of sulfonamides is 1. The topological polar surface area (TPSA) is 70.2 Å². The zero-order chi connectivity index (χ0) is 21.7. The molecule has 2 aromatic rings. The van der Waals surface area contributed by atoms with Gasteiger partial charge >= 0.3 is 0 Å². The average Bonchev–Trinajstić information content (AvgIpc) is 2.74. The van der Waals surface area contributed by atoms with Crippen molar-refractivity contribution in [3.05, 3.63) is 54.6 Å². The quantitative estimate of drug-likeness (QED) is 0.674. The molecule has 2 aromatic carbocycles. The molecular formula is C22H29N3O4S. The van der Waals surface area contributed by atoms with Crippen LogP contribution in [0.3, 0.4) is 0 Å². The molecule has 3 rings (SSSR count). The summed E-state index contributed by atoms with van der Waals surface area (Å²) in [5, 5.41) is 0. The Bertz CT molecular complexity index is 940. The third kappa shape index (κ3) is 5.05. The maximum absolute atomic E-state index is 13.1. The van der Waals surface area contributed by atoms with E-state index in [2.05, 4.69) is 17.0 Å². The number of hydrogen-bond donors (Lipinski definition) is 0. The molecule has 1 fully saturated rings. The van der Waals surface area contributed by atoms with E-state index in [1.807, 2.05) is 25.1 Å². The summed E-state index contributed by atoms with van der Waals surface area (Å²) in [4.78, 5) is 17.1. The van der Waals surface area contributed by atoms with E-state index < -0.39 is 16.1 Å². The summed E-state index contributed by atoms with van der Waals surface area (Å²) in [5.74, 6) is 0.465. The highest BCUT2D eigenvalue weighted by atomic mass is 32.2. The van der Waals surface area contributed by atoms with Gasteiger partial charge in [0, 0.05) is 31.9 Å². The first kappa shape index (κ1) is 22.0. The number of piperazine rings is 1. The molecular weight excluding hydrogens is 402 g/mol. The van der Waals surface area contributed by atoms with E-state index in [-0.39, 0.29) is 5.91 Å². The van der Waals surface area contributed by atoms with Crippen LogP contribution in [0.4, 0.5) is 11.4 Å². The largest absolute Gasteiger partial charge is 0.494 e. The summed E-state index contributed by atoms with van der Waals surface area (Å²) in [6.07, 6.45) is 1.13. The number of carbonyl (C=O) groups is 1. The fourth-order valence-electron chi connectivity index (χ4n) is 3.75. The number of benzene rings is 2. The van der Waals surface area contributed by atoms with Gasteiger partial charge in [0.15, 0.2) is 0 Å². The third-order valence-corrected chi connectivity index (χ3v) is 6.42. The Hall–Kier alpha value is -2.74. The summed E-state index contributed by atoms with van der Waals surface area (Å²) < 4.78 is 31.7. The minimum atomic E-state index is -3.65. The van der Waals surface area contributed by atoms with Crippen molar-refractivity contribution < 1.29 is 17.9 Å². The smallest absolute Gasteiger partial charge is 0.246 e. The lowest BCUT2D eigenvalue weighted by molar-refractivity contribution is -0.132. The van der Waals surface area contributed by atoms with Gasteiger partial charge in [-0.25, -0.2) is 8.42 Å². The first-order valence-electron chi connectivity index (χ1n) is 10.1. The molecule has 1 heterocycles. The van der Waals surface area contributed by atoms with Gasteiger partial charge in [-0.3, -0.25) is 9.10 Å². The Labute approximate surface area is 178 Å². The molecule has 0 saturated carbocycles. The number of ether oxygens (including phenoxy) is 1. The van der Waals surface area contributed by atoms with E-state index in [1.165, 1.54) is 4.31 Å². The lowest BCUT2D eigenvalue weighted by atomic mass is 10.2. The van der Waals surface area contributed by atoms with Gasteiger partial charge < -0.3 is 14.5 Å². The van der Waals surface area contributed by atoms with Gasteiger partial charge in [-0.1, -0.05) is 18.2 Å². The molecule has 0 aliphatic carbocycles. The van der Waals surface area contributed by atoms with Crippen LogP contribution in [-0.2, 0) is 14.8 Å². The third-order valence-electron chi connectivity index (χ3n) is 5.18. The second-order valence-corrected chi connectivity index (χ2v) is 9.17. The van der Waals surface area contributed by atoms with Crippen LogP contribution in [0.2, 0.25) is 0 Å². The highest BCUT2D eigenvalue weighted by molar-refractivity contribution is 7.92. The van der Waals surface area contributed by atoms with E-state index in [0.717, 1.165) is 11.9 Å². The molecule has 1 unspecified atom stereocenters. The van der Waals surface area contributed by atoms with Crippen LogP contribution >= 0.6 is 0 Å². The summed E-state index contributed by atoms with van der Waals surface area (Å²) in [5.41, 5.74) is 1.58. The van der Waals surface area contributed by atoms with Crippen molar-refractivity contribution in [2.75, 3.05) is 48.2 Å². The van der Waals surface area contributed by atoms with Crippen LogP contribution < -0.4 is 13.9 Å². The summed E-state index contributed by atoms with van der Waals surface area (Å²) in [6.45, 7) is 6.59. The van der Waals surface area contributed by atoms with Crippen molar-refractivity contribution in [2.45, 2.75) is 19.9 Å². The molecule has 8 heteroatoms. The standard InChI is InChI=1S/C22H29N3O4S/c1-4-29-21-12-10-20(11-13-21)25(30(3,27)28)18(2)22(26)24-16-14-23(15-17-24)19-8-6-5-7-9-19/h5-13,18H,4,14-17H2,1-3H3. The Morgan fingerprint density at radius 2 is 1.63 bits per heavy atom. The number of carbonyl (C=O) groups excluding carboxylic acids is 1. The van der Waals surface area contributed by atoms with Gasteiger partial charge in [-0.05, 0) is 50.2 Å². The zero-order valence-electron chi connectivity index (χ0n) is 17.7. The van der Waals surface area contributed by atoms with Crippen molar-refractivity contribution in [1.29, 1.82) is 0 Å². The molecule has 0 aromatic heterocycles. The maximum Gasteiger partial charge on any atom is 0.246 e. The lowest BCUT2D eigenvalue weighted by Gasteiger charge is -2.39. The van der Waals surface area contributed by atoms with Gasteiger partial charge in [0.25, 0.3) is 0 Å². The fourth-order valence-corrected chi connectivity index (χ4v) is 4.92. The average molecular weight is 432 g/mol. The molecule has 1 atom stereocenters. The Kier molecular flexibility index (Phi) is 6.87. The molecule has 7 nitrogen and oxygen atoms in total. The molecule has 0 N–H and O–H groups in total. The fraction of sp³-hybridized carbons (Fsp3) is 0.409. The molecule has 30 heavy (non-hydrogen) atoms. The second-order valence-electron chi connectivity index (χ2n) is 7.31. The predicted octanol–water partition coefficient (Wildman–Crippen LogP) is 2.59. The number of nitrogens with zero attached hydrogens (tertiary/aromatic N) is 3. The van der Waals surface area contributed by atoms with Crippen molar-refractivity contribution >= 4 is 27.3 Å². The van der Waals surface area contributed by atoms with E-state index >= 15 is 0 Å². The first-order valence-corrected chi connectivity index (χ1v) is 12.0. The van der Waals surface area contributed by atoms with Gasteiger partial charge in [-0.2, -0.15) is 0 Å². The number of hydrogen-bond acceptors (Lipinski definition) is 5. The lowest BCUT2D eigenvalue weighted by Crippen LogP contribution is -2.55. The van der Waals surface area contributed by atoms with Crippen LogP contribution in [0.25, 0.3) is 0 Å². The highest BCUT2D eigenvalue weighted by Gasteiger charge is 2.33. The maximum atomic E-state index is 13.1.